The van der Waals surface area contributed by atoms with Gasteiger partial charge < -0.3 is 15.7 Å². The van der Waals surface area contributed by atoms with Gasteiger partial charge in [0.25, 0.3) is 0 Å². The number of aliphatic hydroxyl groups excluding tert-OH is 1. The van der Waals surface area contributed by atoms with Crippen molar-refractivity contribution in [3.63, 3.8) is 0 Å². The van der Waals surface area contributed by atoms with Gasteiger partial charge in [0.05, 0.1) is 0 Å². The Balaban J connectivity index is 1.94. The van der Waals surface area contributed by atoms with E-state index in [1.165, 1.54) is 6.42 Å². The predicted octanol–water partition coefficient (Wildman–Crippen LogP) is -0.0953. The molecule has 17 heavy (non-hydrogen) atoms. The van der Waals surface area contributed by atoms with E-state index < -0.39 is 0 Å². The maximum atomic E-state index is 8.76. The number of nitrogens with one attached hydrogen (secondary N) is 1. The Kier molecular flexibility index (Phi) is 4.33. The predicted molar refractivity (Wildman–Crippen MR) is 65.8 cm³/mol. The number of rotatable bonds is 5. The van der Waals surface area contributed by atoms with Crippen LogP contribution in [0.25, 0.3) is 0 Å². The third-order valence-electron chi connectivity index (χ3n) is 3.23. The van der Waals surface area contributed by atoms with Gasteiger partial charge in [-0.2, -0.15) is 4.98 Å². The van der Waals surface area contributed by atoms with Gasteiger partial charge in [-0.25, -0.2) is 0 Å². The zero-order valence-electron chi connectivity index (χ0n) is 10.1. The number of hydrogen-bond acceptors (Lipinski definition) is 5. The average Bonchev–Trinajstić information content (AvgIpc) is 2.85. The van der Waals surface area contributed by atoms with Crippen molar-refractivity contribution in [2.24, 2.45) is 11.7 Å². The smallest absolute Gasteiger partial charge is 0.244 e. The molecule has 1 aromatic heterocycles. The van der Waals surface area contributed by atoms with Crippen LogP contribution in [0.5, 0.6) is 0 Å². The highest BCUT2D eigenvalue weighted by Gasteiger charge is 2.21. The molecule has 0 aromatic carbocycles. The molecule has 0 aliphatic carbocycles. The highest BCUT2D eigenvalue weighted by molar-refractivity contribution is 5.29. The molecule has 0 radical (unpaired) electrons. The first-order valence-electron chi connectivity index (χ1n) is 6.30. The minimum Gasteiger partial charge on any atom is -0.396 e. The molecule has 0 saturated carbocycles. The van der Waals surface area contributed by atoms with Crippen molar-refractivity contribution in [2.75, 3.05) is 31.1 Å². The van der Waals surface area contributed by atoms with E-state index in [0.717, 1.165) is 50.7 Å². The van der Waals surface area contributed by atoms with Gasteiger partial charge in [-0.05, 0) is 31.7 Å². The van der Waals surface area contributed by atoms with E-state index in [9.17, 15) is 0 Å². The standard InChI is InChI=1S/C11H21N5O/c12-7-9-3-1-5-16(8-9)11-13-10(14-15-11)4-2-6-17/h9,17H,1-8,12H2,(H,13,14,15). The second-order valence-corrected chi connectivity index (χ2v) is 4.60. The lowest BCUT2D eigenvalue weighted by Crippen LogP contribution is -2.39. The van der Waals surface area contributed by atoms with Gasteiger partial charge in [0.1, 0.15) is 5.82 Å². The fraction of sp³-hybridized carbons (Fsp3) is 0.818. The van der Waals surface area contributed by atoms with Crippen LogP contribution in [0.1, 0.15) is 25.1 Å². The van der Waals surface area contributed by atoms with E-state index in [1.54, 1.807) is 0 Å². The second-order valence-electron chi connectivity index (χ2n) is 4.60. The molecule has 6 heteroatoms. The molecule has 1 atom stereocenters. The van der Waals surface area contributed by atoms with Gasteiger partial charge in [-0.1, -0.05) is 0 Å². The van der Waals surface area contributed by atoms with Crippen molar-refractivity contribution in [2.45, 2.75) is 25.7 Å². The number of nitrogens with zero attached hydrogens (tertiary/aromatic N) is 3. The number of hydrogen-bond donors (Lipinski definition) is 3. The summed E-state index contributed by atoms with van der Waals surface area (Å²) in [6.45, 7) is 2.88. The first-order chi connectivity index (χ1) is 8.33. The lowest BCUT2D eigenvalue weighted by molar-refractivity contribution is 0.287. The molecular formula is C11H21N5O. The van der Waals surface area contributed by atoms with E-state index in [0.29, 0.717) is 5.92 Å². The van der Waals surface area contributed by atoms with Crippen molar-refractivity contribution in [1.82, 2.24) is 15.2 Å². The maximum Gasteiger partial charge on any atom is 0.244 e. The SMILES string of the molecule is NCC1CCCN(c2n[nH]c(CCCO)n2)C1. The highest BCUT2D eigenvalue weighted by Crippen LogP contribution is 2.19. The number of anilines is 1. The van der Waals surface area contributed by atoms with Crippen molar-refractivity contribution in [1.29, 1.82) is 0 Å². The molecule has 6 nitrogen and oxygen atoms in total. The van der Waals surface area contributed by atoms with Crippen LogP contribution in [-0.2, 0) is 6.42 Å². The van der Waals surface area contributed by atoms with Crippen LogP contribution >= 0.6 is 0 Å². The Bertz CT molecular complexity index is 340. The van der Waals surface area contributed by atoms with Gasteiger partial charge in [0.2, 0.25) is 5.95 Å². The first kappa shape index (κ1) is 12.3. The molecule has 1 aliphatic rings. The van der Waals surface area contributed by atoms with Crippen molar-refractivity contribution in [3.05, 3.63) is 5.82 Å². The second kappa shape index (κ2) is 5.97. The molecule has 1 aliphatic heterocycles. The minimum absolute atomic E-state index is 0.189. The molecule has 0 amide bonds. The van der Waals surface area contributed by atoms with Gasteiger partial charge >= 0.3 is 0 Å². The summed E-state index contributed by atoms with van der Waals surface area (Å²) in [6, 6.07) is 0. The minimum atomic E-state index is 0.189. The summed E-state index contributed by atoms with van der Waals surface area (Å²) in [5, 5.41) is 15.9. The van der Waals surface area contributed by atoms with Gasteiger partial charge in [-0.3, -0.25) is 5.10 Å². The molecule has 0 bridgehead atoms. The molecule has 0 spiro atoms. The fourth-order valence-electron chi connectivity index (χ4n) is 2.22. The van der Waals surface area contributed by atoms with Crippen molar-refractivity contribution >= 4 is 5.95 Å². The molecule has 2 heterocycles. The normalized spacial score (nSPS) is 20.8. The molecule has 4 N–H and O–H groups in total. The third-order valence-corrected chi connectivity index (χ3v) is 3.23. The summed E-state index contributed by atoms with van der Waals surface area (Å²) in [5.74, 6) is 2.18. The van der Waals surface area contributed by atoms with Crippen molar-refractivity contribution in [3.8, 4) is 0 Å². The lowest BCUT2D eigenvalue weighted by atomic mass is 9.99. The average molecular weight is 239 g/mol. The third kappa shape index (κ3) is 3.17. The van der Waals surface area contributed by atoms with Crippen LogP contribution < -0.4 is 10.6 Å². The zero-order valence-corrected chi connectivity index (χ0v) is 10.1. The van der Waals surface area contributed by atoms with Crippen LogP contribution in [0.3, 0.4) is 0 Å². The molecular weight excluding hydrogens is 218 g/mol. The van der Waals surface area contributed by atoms with Gasteiger partial charge in [-0.15, -0.1) is 5.10 Å². The number of aliphatic hydroxyl groups is 1. The largest absolute Gasteiger partial charge is 0.396 e. The Hall–Kier alpha value is -1.14. The van der Waals surface area contributed by atoms with E-state index in [2.05, 4.69) is 20.1 Å². The molecule has 1 aromatic rings. The number of nitrogens with two attached hydrogens (primary N) is 1. The lowest BCUT2D eigenvalue weighted by Gasteiger charge is -2.31. The molecule has 1 unspecified atom stereocenters. The van der Waals surface area contributed by atoms with Crippen LogP contribution in [0.4, 0.5) is 5.95 Å². The summed E-state index contributed by atoms with van der Waals surface area (Å²) >= 11 is 0. The van der Waals surface area contributed by atoms with E-state index in [1.807, 2.05) is 0 Å². The molecule has 1 fully saturated rings. The van der Waals surface area contributed by atoms with Crippen LogP contribution in [0, 0.1) is 5.92 Å². The zero-order chi connectivity index (χ0) is 12.1. The molecule has 2 rings (SSSR count). The van der Waals surface area contributed by atoms with Crippen LogP contribution in [0.15, 0.2) is 0 Å². The highest BCUT2D eigenvalue weighted by atomic mass is 16.2. The van der Waals surface area contributed by atoms with Crippen LogP contribution in [-0.4, -0.2) is 46.5 Å². The van der Waals surface area contributed by atoms with Gasteiger partial charge in [0.15, 0.2) is 0 Å². The summed E-state index contributed by atoms with van der Waals surface area (Å²) in [6.07, 6.45) is 3.83. The monoisotopic (exact) mass is 239 g/mol. The Morgan fingerprint density at radius 3 is 3.18 bits per heavy atom. The number of aromatic amines is 1. The quantitative estimate of drug-likeness (QED) is 0.667. The van der Waals surface area contributed by atoms with E-state index in [4.69, 9.17) is 10.8 Å². The summed E-state index contributed by atoms with van der Waals surface area (Å²) in [4.78, 5) is 6.64. The summed E-state index contributed by atoms with van der Waals surface area (Å²) < 4.78 is 0. The number of aryl methyl sites for hydroxylation is 1. The maximum absolute atomic E-state index is 8.76. The first-order valence-corrected chi connectivity index (χ1v) is 6.30. The Morgan fingerprint density at radius 1 is 1.53 bits per heavy atom. The van der Waals surface area contributed by atoms with E-state index in [-0.39, 0.29) is 6.61 Å². The van der Waals surface area contributed by atoms with E-state index >= 15 is 0 Å². The number of piperidine rings is 1. The number of H-pyrrole nitrogens is 1. The molecule has 1 saturated heterocycles. The summed E-state index contributed by atoms with van der Waals surface area (Å²) in [7, 11) is 0. The Labute approximate surface area is 101 Å². The van der Waals surface area contributed by atoms with Gasteiger partial charge in [0, 0.05) is 26.1 Å². The Morgan fingerprint density at radius 2 is 2.41 bits per heavy atom. The topological polar surface area (TPSA) is 91.1 Å². The van der Waals surface area contributed by atoms with Crippen molar-refractivity contribution < 1.29 is 5.11 Å². The number of aromatic nitrogens is 3. The molecule has 96 valence electrons. The fourth-order valence-corrected chi connectivity index (χ4v) is 2.22. The summed E-state index contributed by atoms with van der Waals surface area (Å²) in [5.41, 5.74) is 5.71. The van der Waals surface area contributed by atoms with Crippen LogP contribution in [0.2, 0.25) is 0 Å².